The van der Waals surface area contributed by atoms with Crippen LogP contribution in [0.15, 0.2) is 57.2 Å². The summed E-state index contributed by atoms with van der Waals surface area (Å²) in [5.41, 5.74) is 1.55. The number of carbonyl (C=O) groups is 1. The van der Waals surface area contributed by atoms with Crippen molar-refractivity contribution in [1.82, 2.24) is 9.47 Å². The van der Waals surface area contributed by atoms with Gasteiger partial charge in [0.2, 0.25) is 5.88 Å². The quantitative estimate of drug-likeness (QED) is 0.500. The van der Waals surface area contributed by atoms with Crippen molar-refractivity contribution in [2.75, 3.05) is 20.2 Å². The molecule has 0 atom stereocenters. The molecule has 1 fully saturated rings. The number of piperidine rings is 1. The number of hydrogen-bond acceptors (Lipinski definition) is 5. The van der Waals surface area contributed by atoms with Gasteiger partial charge in [0.05, 0.1) is 19.3 Å². The van der Waals surface area contributed by atoms with Gasteiger partial charge < -0.3 is 9.84 Å². The summed E-state index contributed by atoms with van der Waals surface area (Å²) in [6.45, 7) is 2.58. The SMILES string of the molecule is COc1ccc(C(=O)N=Nc2c(O)n(CN3CCCCC3)c3ccc(Br)cc23)cc1. The van der Waals surface area contributed by atoms with E-state index in [9.17, 15) is 9.90 Å². The minimum Gasteiger partial charge on any atom is -0.497 e. The molecule has 1 aliphatic rings. The molecule has 0 saturated carbocycles. The Bertz CT molecular complexity index is 1090. The molecule has 0 unspecified atom stereocenters. The maximum absolute atomic E-state index is 12.4. The Hall–Kier alpha value is -2.71. The topological polar surface area (TPSA) is 79.4 Å². The zero-order valence-electron chi connectivity index (χ0n) is 16.7. The molecule has 3 aromatic rings. The lowest BCUT2D eigenvalue weighted by Crippen LogP contribution is -2.31. The molecule has 8 heteroatoms. The highest BCUT2D eigenvalue weighted by molar-refractivity contribution is 9.10. The molecule has 30 heavy (non-hydrogen) atoms. The van der Waals surface area contributed by atoms with Gasteiger partial charge in [-0.2, -0.15) is 0 Å². The van der Waals surface area contributed by atoms with Crippen molar-refractivity contribution in [2.45, 2.75) is 25.9 Å². The number of hydrogen-bond donors (Lipinski definition) is 1. The molecule has 156 valence electrons. The average molecular weight is 471 g/mol. The number of benzene rings is 2. The summed E-state index contributed by atoms with van der Waals surface area (Å²) in [6.07, 6.45) is 3.57. The summed E-state index contributed by atoms with van der Waals surface area (Å²) in [4.78, 5) is 14.8. The molecule has 1 N–H and O–H groups in total. The average Bonchev–Trinajstić information content (AvgIpc) is 3.03. The second-order valence-corrected chi connectivity index (χ2v) is 8.23. The molecule has 1 amide bonds. The maximum Gasteiger partial charge on any atom is 0.295 e. The second-order valence-electron chi connectivity index (χ2n) is 7.32. The zero-order valence-corrected chi connectivity index (χ0v) is 18.3. The first-order valence-electron chi connectivity index (χ1n) is 9.90. The number of azo groups is 1. The van der Waals surface area contributed by atoms with Gasteiger partial charge in [-0.3, -0.25) is 14.3 Å². The van der Waals surface area contributed by atoms with Gasteiger partial charge >= 0.3 is 0 Å². The number of rotatable bonds is 5. The van der Waals surface area contributed by atoms with Crippen LogP contribution in [-0.2, 0) is 6.67 Å². The van der Waals surface area contributed by atoms with E-state index in [2.05, 4.69) is 31.1 Å². The van der Waals surface area contributed by atoms with Crippen molar-refractivity contribution >= 4 is 38.4 Å². The number of aromatic hydroxyl groups is 1. The van der Waals surface area contributed by atoms with Gasteiger partial charge in [-0.1, -0.05) is 22.4 Å². The minimum absolute atomic E-state index is 0.0138. The van der Waals surface area contributed by atoms with Gasteiger partial charge in [0.15, 0.2) is 5.69 Å². The summed E-state index contributed by atoms with van der Waals surface area (Å²) in [6, 6.07) is 12.4. The lowest BCUT2D eigenvalue weighted by molar-refractivity contribution is 0.0995. The number of amides is 1. The fraction of sp³-hybridized carbons (Fsp3) is 0.318. The first kappa shape index (κ1) is 20.6. The molecular weight excluding hydrogens is 448 g/mol. The Morgan fingerprint density at radius 3 is 2.57 bits per heavy atom. The maximum atomic E-state index is 12.4. The highest BCUT2D eigenvalue weighted by atomic mass is 79.9. The number of likely N-dealkylation sites (tertiary alicyclic amines) is 1. The molecule has 0 aliphatic carbocycles. The van der Waals surface area contributed by atoms with Crippen molar-refractivity contribution in [1.29, 1.82) is 0 Å². The molecular formula is C22H23BrN4O3. The fourth-order valence-corrected chi connectivity index (χ4v) is 4.09. The van der Waals surface area contributed by atoms with Crippen molar-refractivity contribution in [3.05, 3.63) is 52.5 Å². The summed E-state index contributed by atoms with van der Waals surface area (Å²) < 4.78 is 7.81. The van der Waals surface area contributed by atoms with Gasteiger partial charge in [0, 0.05) is 15.4 Å². The molecule has 0 spiro atoms. The van der Waals surface area contributed by atoms with Crippen LogP contribution in [-0.4, -0.2) is 40.7 Å². The monoisotopic (exact) mass is 470 g/mol. The number of carbonyl (C=O) groups excluding carboxylic acids is 1. The molecule has 0 bridgehead atoms. The fourth-order valence-electron chi connectivity index (χ4n) is 3.72. The number of aromatic nitrogens is 1. The van der Waals surface area contributed by atoms with Crippen LogP contribution in [0.3, 0.4) is 0 Å². The van der Waals surface area contributed by atoms with Crippen molar-refractivity contribution < 1.29 is 14.6 Å². The third-order valence-corrected chi connectivity index (χ3v) is 5.83. The number of nitrogens with zero attached hydrogens (tertiary/aromatic N) is 4. The Morgan fingerprint density at radius 2 is 1.87 bits per heavy atom. The van der Waals surface area contributed by atoms with Crippen LogP contribution < -0.4 is 4.74 Å². The highest BCUT2D eigenvalue weighted by Gasteiger charge is 2.20. The van der Waals surface area contributed by atoms with Crippen molar-refractivity contribution in [3.63, 3.8) is 0 Å². The van der Waals surface area contributed by atoms with Crippen LogP contribution in [0, 0.1) is 0 Å². The summed E-state index contributed by atoms with van der Waals surface area (Å²) in [5, 5.41) is 19.7. The third-order valence-electron chi connectivity index (χ3n) is 5.34. The van der Waals surface area contributed by atoms with Crippen LogP contribution in [0.25, 0.3) is 10.9 Å². The minimum atomic E-state index is -0.482. The predicted octanol–water partition coefficient (Wildman–Crippen LogP) is 5.49. The first-order valence-corrected chi connectivity index (χ1v) is 10.7. The van der Waals surface area contributed by atoms with Crippen LogP contribution >= 0.6 is 15.9 Å². The van der Waals surface area contributed by atoms with Crippen LogP contribution in [0.5, 0.6) is 11.6 Å². The van der Waals surface area contributed by atoms with Crippen LogP contribution in [0.1, 0.15) is 29.6 Å². The summed E-state index contributed by atoms with van der Waals surface area (Å²) in [7, 11) is 1.57. The van der Waals surface area contributed by atoms with E-state index in [4.69, 9.17) is 4.74 Å². The number of methoxy groups -OCH3 is 1. The van der Waals surface area contributed by atoms with Crippen LogP contribution in [0.4, 0.5) is 5.69 Å². The summed E-state index contributed by atoms with van der Waals surface area (Å²) in [5.74, 6) is 0.190. The van der Waals surface area contributed by atoms with E-state index in [-0.39, 0.29) is 5.88 Å². The predicted molar refractivity (Wildman–Crippen MR) is 119 cm³/mol. The lowest BCUT2D eigenvalue weighted by atomic mass is 10.1. The largest absolute Gasteiger partial charge is 0.497 e. The number of fused-ring (bicyclic) bond motifs is 1. The molecule has 2 heterocycles. The Morgan fingerprint density at radius 1 is 1.13 bits per heavy atom. The van der Waals surface area contributed by atoms with E-state index in [1.807, 2.05) is 22.8 Å². The third kappa shape index (κ3) is 4.24. The van der Waals surface area contributed by atoms with E-state index < -0.39 is 5.91 Å². The number of ether oxygens (including phenoxy) is 1. The van der Waals surface area contributed by atoms with Crippen LogP contribution in [0.2, 0.25) is 0 Å². The first-order chi connectivity index (χ1) is 14.6. The van der Waals surface area contributed by atoms with Crippen molar-refractivity contribution in [3.8, 4) is 11.6 Å². The highest BCUT2D eigenvalue weighted by Crippen LogP contribution is 2.40. The Balaban J connectivity index is 1.66. The molecule has 7 nitrogen and oxygen atoms in total. The molecule has 1 aromatic heterocycles. The number of halogens is 1. The molecule has 0 radical (unpaired) electrons. The van der Waals surface area contributed by atoms with Gasteiger partial charge in [0.1, 0.15) is 5.75 Å². The molecule has 1 saturated heterocycles. The van der Waals surface area contributed by atoms with E-state index >= 15 is 0 Å². The van der Waals surface area contributed by atoms with Gasteiger partial charge in [-0.15, -0.1) is 10.2 Å². The normalized spacial score (nSPS) is 15.1. The smallest absolute Gasteiger partial charge is 0.295 e. The van der Waals surface area contributed by atoms with E-state index in [0.29, 0.717) is 23.7 Å². The standard InChI is InChI=1S/C22H23BrN4O3/c1-30-17-8-5-15(6-9-17)21(28)25-24-20-18-13-16(23)7-10-19(18)27(22(20)29)14-26-11-3-2-4-12-26/h5-10,13,29H,2-4,11-12,14H2,1H3. The van der Waals surface area contributed by atoms with E-state index in [1.54, 1.807) is 31.4 Å². The lowest BCUT2D eigenvalue weighted by Gasteiger charge is -2.27. The summed E-state index contributed by atoms with van der Waals surface area (Å²) >= 11 is 3.48. The molecule has 1 aliphatic heterocycles. The van der Waals surface area contributed by atoms with Crippen molar-refractivity contribution in [2.24, 2.45) is 10.2 Å². The van der Waals surface area contributed by atoms with E-state index in [0.717, 1.165) is 41.3 Å². The second kappa shape index (κ2) is 8.97. The van der Waals surface area contributed by atoms with E-state index in [1.165, 1.54) is 6.42 Å². The van der Waals surface area contributed by atoms with Gasteiger partial charge in [-0.25, -0.2) is 0 Å². The molecule has 4 rings (SSSR count). The van der Waals surface area contributed by atoms with Gasteiger partial charge in [-0.05, 0) is 68.4 Å². The zero-order chi connectivity index (χ0) is 21.1. The van der Waals surface area contributed by atoms with Gasteiger partial charge in [0.25, 0.3) is 5.91 Å². The Labute approximate surface area is 183 Å². The Kier molecular flexibility index (Phi) is 6.15. The molecule has 2 aromatic carbocycles.